The molecule has 1 aliphatic heterocycles. The van der Waals surface area contributed by atoms with Crippen LogP contribution in [0.3, 0.4) is 0 Å². The number of ether oxygens (including phenoxy) is 4. The molecule has 1 heterocycles. The summed E-state index contributed by atoms with van der Waals surface area (Å²) in [5.74, 6) is -0.827. The van der Waals surface area contributed by atoms with Crippen molar-refractivity contribution in [1.82, 2.24) is 0 Å². The first-order valence-corrected chi connectivity index (χ1v) is 23.7. The fraction of sp³-hybridized carbons (Fsp3) is 0.796. The molecule has 0 bridgehead atoms. The van der Waals surface area contributed by atoms with Crippen LogP contribution in [0, 0.1) is 0 Å². The lowest BCUT2D eigenvalue weighted by molar-refractivity contribution is -0.305. The van der Waals surface area contributed by atoms with Crippen molar-refractivity contribution >= 4 is 11.9 Å². The lowest BCUT2D eigenvalue weighted by Crippen LogP contribution is -2.59. The van der Waals surface area contributed by atoms with Crippen molar-refractivity contribution in [2.45, 2.75) is 230 Å². The molecule has 0 amide bonds. The maximum Gasteiger partial charge on any atom is 0.306 e. The van der Waals surface area contributed by atoms with Crippen LogP contribution in [0.4, 0.5) is 0 Å². The first-order chi connectivity index (χ1) is 28.8. The molecule has 0 aliphatic carbocycles. The van der Waals surface area contributed by atoms with E-state index in [9.17, 15) is 30.0 Å². The van der Waals surface area contributed by atoms with E-state index in [0.29, 0.717) is 6.42 Å². The highest BCUT2D eigenvalue weighted by atomic mass is 16.7. The monoisotopic (exact) mass is 835 g/mol. The van der Waals surface area contributed by atoms with Gasteiger partial charge in [0.2, 0.25) is 0 Å². The van der Waals surface area contributed by atoms with Crippen molar-refractivity contribution in [1.29, 1.82) is 0 Å². The van der Waals surface area contributed by atoms with Crippen molar-refractivity contribution in [2.75, 3.05) is 19.8 Å². The number of carbonyl (C=O) groups is 2. The summed E-state index contributed by atoms with van der Waals surface area (Å²) in [7, 11) is 0. The van der Waals surface area contributed by atoms with Crippen LogP contribution in [0.5, 0.6) is 0 Å². The average molecular weight is 835 g/mol. The zero-order valence-electron chi connectivity index (χ0n) is 37.2. The van der Waals surface area contributed by atoms with E-state index >= 15 is 0 Å². The van der Waals surface area contributed by atoms with Gasteiger partial charge in [-0.1, -0.05) is 152 Å². The summed E-state index contributed by atoms with van der Waals surface area (Å²) >= 11 is 0. The molecule has 0 saturated carbocycles. The average Bonchev–Trinajstić information content (AvgIpc) is 3.23. The Morgan fingerprint density at radius 2 is 0.949 bits per heavy atom. The number of hydrogen-bond acceptors (Lipinski definition) is 10. The number of hydrogen-bond donors (Lipinski definition) is 4. The number of aliphatic hydroxyl groups excluding tert-OH is 4. The second-order valence-corrected chi connectivity index (χ2v) is 16.2. The van der Waals surface area contributed by atoms with E-state index in [1.807, 2.05) is 0 Å². The van der Waals surface area contributed by atoms with E-state index in [2.05, 4.69) is 62.5 Å². The summed E-state index contributed by atoms with van der Waals surface area (Å²) in [5, 5.41) is 40.1. The number of rotatable bonds is 39. The number of aliphatic hydroxyl groups is 4. The highest BCUT2D eigenvalue weighted by Gasteiger charge is 2.44. The van der Waals surface area contributed by atoms with Gasteiger partial charge in [-0.15, -0.1) is 0 Å². The topological polar surface area (TPSA) is 152 Å². The number of allylic oxidation sites excluding steroid dienone is 8. The fourth-order valence-electron chi connectivity index (χ4n) is 6.89. The summed E-state index contributed by atoms with van der Waals surface area (Å²) in [6, 6.07) is 0. The highest BCUT2D eigenvalue weighted by molar-refractivity contribution is 5.70. The molecule has 1 aliphatic rings. The van der Waals surface area contributed by atoms with Crippen molar-refractivity contribution in [2.24, 2.45) is 0 Å². The minimum absolute atomic E-state index is 0.212. The Hall–Kier alpha value is -2.34. The van der Waals surface area contributed by atoms with Crippen molar-refractivity contribution in [3.63, 3.8) is 0 Å². The number of esters is 2. The molecule has 1 fully saturated rings. The van der Waals surface area contributed by atoms with E-state index in [0.717, 1.165) is 83.5 Å². The Morgan fingerprint density at radius 3 is 1.41 bits per heavy atom. The van der Waals surface area contributed by atoms with Gasteiger partial charge in [-0.05, 0) is 77.0 Å². The Kier molecular flexibility index (Phi) is 36.9. The minimum Gasteiger partial charge on any atom is -0.462 e. The Bertz CT molecular complexity index is 1100. The number of carbonyl (C=O) groups excluding carboxylic acids is 2. The van der Waals surface area contributed by atoms with Crippen molar-refractivity contribution < 1.29 is 49.0 Å². The molecule has 0 radical (unpaired) electrons. The summed E-state index contributed by atoms with van der Waals surface area (Å²) in [6.45, 7) is 3.36. The zero-order chi connectivity index (χ0) is 43.0. The van der Waals surface area contributed by atoms with Gasteiger partial charge < -0.3 is 39.4 Å². The molecule has 1 saturated heterocycles. The fourth-order valence-corrected chi connectivity index (χ4v) is 6.89. The van der Waals surface area contributed by atoms with Gasteiger partial charge in [0.1, 0.15) is 31.0 Å². The normalized spacial score (nSPS) is 20.4. The lowest BCUT2D eigenvalue weighted by atomic mass is 9.99. The molecule has 2 unspecified atom stereocenters. The molecule has 10 heteroatoms. The van der Waals surface area contributed by atoms with Gasteiger partial charge in [0.05, 0.1) is 13.2 Å². The summed E-state index contributed by atoms with van der Waals surface area (Å²) in [4.78, 5) is 25.4. The second kappa shape index (κ2) is 39.8. The molecule has 10 nitrogen and oxygen atoms in total. The van der Waals surface area contributed by atoms with Crippen LogP contribution in [0.1, 0.15) is 194 Å². The summed E-state index contributed by atoms with van der Waals surface area (Å²) in [6.07, 6.45) is 39.7. The summed E-state index contributed by atoms with van der Waals surface area (Å²) < 4.78 is 22.2. The standard InChI is InChI=1S/C49H86O10/c1-3-5-7-9-11-13-15-17-19-20-21-22-24-25-27-29-31-33-35-37-44(51)56-40-42(41-57-49-48(55)47(54)46(53)43(39-50)59-49)58-45(52)38-36-34-32-30-28-26-23-18-16-14-12-10-8-6-4-2/h11-14,17-19,23,42-43,46-50,53-55H,3-10,15-16,20-22,24-41H2,1-2H3/b13-11+,14-12+,19-17+,23-18+/t42-,43-,46+,47?,48?,49-/m0/s1. The van der Waals surface area contributed by atoms with Gasteiger partial charge >= 0.3 is 11.9 Å². The van der Waals surface area contributed by atoms with Crippen LogP contribution in [-0.4, -0.2) is 89.0 Å². The quantitative estimate of drug-likeness (QED) is 0.0267. The largest absolute Gasteiger partial charge is 0.462 e. The van der Waals surface area contributed by atoms with Gasteiger partial charge in [-0.25, -0.2) is 0 Å². The maximum atomic E-state index is 12.8. The molecule has 0 spiro atoms. The Labute approximate surface area is 358 Å². The van der Waals surface area contributed by atoms with Crippen molar-refractivity contribution in [3.8, 4) is 0 Å². The lowest BCUT2D eigenvalue weighted by Gasteiger charge is -2.39. The Balaban J connectivity index is 2.31. The van der Waals surface area contributed by atoms with Gasteiger partial charge in [-0.3, -0.25) is 9.59 Å². The SMILES string of the molecule is CCCCC/C=C/C/C=C/CCCCCCCCCCCC(=O)OC[C@@H](CO[C@H]1O[C@@H](CO)[C@@H](O)C(O)C1O)OC(=O)CCCCCCC/C=C/C/C=C/CCCCC. The van der Waals surface area contributed by atoms with Crippen molar-refractivity contribution in [3.05, 3.63) is 48.6 Å². The molecule has 1 rings (SSSR count). The van der Waals surface area contributed by atoms with Crippen LogP contribution >= 0.6 is 0 Å². The zero-order valence-corrected chi connectivity index (χ0v) is 37.2. The molecular formula is C49H86O10. The third kappa shape index (κ3) is 31.2. The van der Waals surface area contributed by atoms with Crippen LogP contribution in [0.2, 0.25) is 0 Å². The third-order valence-corrected chi connectivity index (χ3v) is 10.7. The van der Waals surface area contributed by atoms with Crippen LogP contribution in [-0.2, 0) is 28.5 Å². The number of unbranched alkanes of at least 4 members (excludes halogenated alkanes) is 20. The molecule has 342 valence electrons. The van der Waals surface area contributed by atoms with Gasteiger partial charge in [0, 0.05) is 12.8 Å². The van der Waals surface area contributed by atoms with E-state index in [4.69, 9.17) is 18.9 Å². The van der Waals surface area contributed by atoms with Crippen LogP contribution < -0.4 is 0 Å². The van der Waals surface area contributed by atoms with Crippen LogP contribution in [0.25, 0.3) is 0 Å². The minimum atomic E-state index is -1.60. The maximum absolute atomic E-state index is 12.8. The first-order valence-electron chi connectivity index (χ1n) is 23.7. The van der Waals surface area contributed by atoms with Crippen LogP contribution in [0.15, 0.2) is 48.6 Å². The van der Waals surface area contributed by atoms with E-state index in [-0.39, 0.29) is 32.0 Å². The van der Waals surface area contributed by atoms with Gasteiger partial charge in [-0.2, -0.15) is 0 Å². The molecule has 4 N–H and O–H groups in total. The third-order valence-electron chi connectivity index (χ3n) is 10.7. The summed E-state index contributed by atoms with van der Waals surface area (Å²) in [5.41, 5.74) is 0. The van der Waals surface area contributed by atoms with Gasteiger partial charge in [0.15, 0.2) is 12.4 Å². The molecule has 0 aromatic rings. The molecule has 6 atom stereocenters. The van der Waals surface area contributed by atoms with Gasteiger partial charge in [0.25, 0.3) is 0 Å². The van der Waals surface area contributed by atoms with E-state index in [1.54, 1.807) is 0 Å². The first kappa shape index (κ1) is 54.7. The Morgan fingerprint density at radius 1 is 0.525 bits per heavy atom. The van der Waals surface area contributed by atoms with E-state index < -0.39 is 49.4 Å². The predicted octanol–water partition coefficient (Wildman–Crippen LogP) is 10.4. The van der Waals surface area contributed by atoms with E-state index in [1.165, 1.54) is 77.0 Å². The smallest absolute Gasteiger partial charge is 0.306 e. The molecule has 0 aromatic heterocycles. The molecule has 0 aromatic carbocycles. The predicted molar refractivity (Wildman–Crippen MR) is 238 cm³/mol. The highest BCUT2D eigenvalue weighted by Crippen LogP contribution is 2.22. The molecule has 59 heavy (non-hydrogen) atoms. The molecular weight excluding hydrogens is 749 g/mol. The second-order valence-electron chi connectivity index (χ2n) is 16.2.